The number of nitrogens with zero attached hydrogens (tertiary/aromatic N) is 1. The third-order valence-electron chi connectivity index (χ3n) is 2.58. The summed E-state index contributed by atoms with van der Waals surface area (Å²) in [7, 11) is 0. The van der Waals surface area contributed by atoms with Gasteiger partial charge in [0.25, 0.3) is 0 Å². The summed E-state index contributed by atoms with van der Waals surface area (Å²) in [6, 6.07) is 6.50. The highest BCUT2D eigenvalue weighted by molar-refractivity contribution is 6.35. The van der Waals surface area contributed by atoms with Crippen LogP contribution < -0.4 is 4.74 Å². The first kappa shape index (κ1) is 14.9. The molecule has 1 aromatic carbocycles. The number of hydrogen-bond acceptors (Lipinski definition) is 3. The molecule has 0 saturated carbocycles. The molecule has 0 aliphatic rings. The third kappa shape index (κ3) is 3.74. The van der Waals surface area contributed by atoms with Gasteiger partial charge in [0.1, 0.15) is 17.9 Å². The Balaban J connectivity index is 2.13. The lowest BCUT2D eigenvalue weighted by molar-refractivity contribution is -0.156. The van der Waals surface area contributed by atoms with Crippen LogP contribution in [0.2, 0.25) is 5.02 Å². The standard InChI is InChI=1S/C13H11ClF3NO2/c14-10-3-4-11(12-9(10)2-1-5-18-12)20-7-8(19)6-13(15,16)17/h1-5,8,19H,6-7H2. The maximum atomic E-state index is 12.1. The molecule has 1 atom stereocenters. The quantitative estimate of drug-likeness (QED) is 0.939. The van der Waals surface area contributed by atoms with Crippen molar-refractivity contribution in [2.45, 2.75) is 18.7 Å². The number of rotatable bonds is 4. The van der Waals surface area contributed by atoms with Crippen LogP contribution in [0.15, 0.2) is 30.5 Å². The van der Waals surface area contributed by atoms with E-state index in [1.807, 2.05) is 0 Å². The van der Waals surface area contributed by atoms with Crippen molar-refractivity contribution in [3.63, 3.8) is 0 Å². The summed E-state index contributed by atoms with van der Waals surface area (Å²) in [5.74, 6) is 0.284. The normalized spacial score (nSPS) is 13.4. The van der Waals surface area contributed by atoms with Gasteiger partial charge in [-0.25, -0.2) is 0 Å². The highest BCUT2D eigenvalue weighted by Crippen LogP contribution is 2.30. The zero-order valence-corrected chi connectivity index (χ0v) is 10.9. The molecule has 1 aromatic heterocycles. The van der Waals surface area contributed by atoms with E-state index in [4.69, 9.17) is 16.3 Å². The van der Waals surface area contributed by atoms with Gasteiger partial charge < -0.3 is 9.84 Å². The molecule has 0 aliphatic carbocycles. The molecule has 0 amide bonds. The SMILES string of the molecule is OC(COc1ccc(Cl)c2cccnc12)CC(F)(F)F. The summed E-state index contributed by atoms with van der Waals surface area (Å²) in [5.41, 5.74) is 0.444. The lowest BCUT2D eigenvalue weighted by atomic mass is 10.2. The Hall–Kier alpha value is -1.53. The zero-order chi connectivity index (χ0) is 14.8. The summed E-state index contributed by atoms with van der Waals surface area (Å²) >= 11 is 5.99. The Kier molecular flexibility index (Phi) is 4.35. The fourth-order valence-electron chi connectivity index (χ4n) is 1.74. The summed E-state index contributed by atoms with van der Waals surface area (Å²) in [6.07, 6.45) is -5.84. The molecule has 0 spiro atoms. The second kappa shape index (κ2) is 5.85. The zero-order valence-electron chi connectivity index (χ0n) is 10.2. The third-order valence-corrected chi connectivity index (χ3v) is 2.91. The Morgan fingerprint density at radius 2 is 2.05 bits per heavy atom. The van der Waals surface area contributed by atoms with E-state index in [1.165, 1.54) is 12.3 Å². The minimum atomic E-state index is -4.43. The van der Waals surface area contributed by atoms with Crippen molar-refractivity contribution in [1.29, 1.82) is 0 Å². The molecule has 0 radical (unpaired) electrons. The average molecular weight is 306 g/mol. The molecule has 0 saturated heterocycles. The van der Waals surface area contributed by atoms with Gasteiger partial charge in [-0.15, -0.1) is 0 Å². The number of halogens is 4. The fraction of sp³-hybridized carbons (Fsp3) is 0.308. The summed E-state index contributed by atoms with van der Waals surface area (Å²) in [4.78, 5) is 4.08. The molecule has 0 aliphatic heterocycles. The summed E-state index contributed by atoms with van der Waals surface area (Å²) < 4.78 is 41.5. The van der Waals surface area contributed by atoms with Crippen LogP contribution in [0, 0.1) is 0 Å². The Bertz CT molecular complexity index is 604. The van der Waals surface area contributed by atoms with Gasteiger partial charge in [0.2, 0.25) is 0 Å². The van der Waals surface area contributed by atoms with Gasteiger partial charge in [0.15, 0.2) is 0 Å². The van der Waals surface area contributed by atoms with E-state index in [0.717, 1.165) is 0 Å². The topological polar surface area (TPSA) is 42.4 Å². The predicted octanol–water partition coefficient (Wildman–Crippen LogP) is 3.58. The van der Waals surface area contributed by atoms with Gasteiger partial charge in [-0.3, -0.25) is 4.98 Å². The van der Waals surface area contributed by atoms with E-state index in [9.17, 15) is 18.3 Å². The van der Waals surface area contributed by atoms with Crippen molar-refractivity contribution >= 4 is 22.5 Å². The lowest BCUT2D eigenvalue weighted by Crippen LogP contribution is -2.25. The smallest absolute Gasteiger partial charge is 0.391 e. The van der Waals surface area contributed by atoms with Crippen LogP contribution >= 0.6 is 11.6 Å². The number of alkyl halides is 3. The average Bonchev–Trinajstić information content (AvgIpc) is 2.36. The van der Waals surface area contributed by atoms with Gasteiger partial charge in [0.05, 0.1) is 17.5 Å². The van der Waals surface area contributed by atoms with E-state index in [-0.39, 0.29) is 5.75 Å². The molecule has 3 nitrogen and oxygen atoms in total. The summed E-state index contributed by atoms with van der Waals surface area (Å²) in [6.45, 7) is -0.465. The van der Waals surface area contributed by atoms with Crippen molar-refractivity contribution in [3.8, 4) is 5.75 Å². The van der Waals surface area contributed by atoms with Crippen LogP contribution in [0.5, 0.6) is 5.75 Å². The Morgan fingerprint density at radius 3 is 2.75 bits per heavy atom. The van der Waals surface area contributed by atoms with Gasteiger partial charge >= 0.3 is 6.18 Å². The van der Waals surface area contributed by atoms with Crippen molar-refractivity contribution < 1.29 is 23.0 Å². The first-order valence-electron chi connectivity index (χ1n) is 5.77. The highest BCUT2D eigenvalue weighted by atomic mass is 35.5. The number of fused-ring (bicyclic) bond motifs is 1. The molecule has 1 heterocycles. The summed E-state index contributed by atoms with van der Waals surface area (Å²) in [5, 5.41) is 10.4. The van der Waals surface area contributed by atoms with E-state index < -0.39 is 25.3 Å². The number of hydrogen-bond donors (Lipinski definition) is 1. The van der Waals surface area contributed by atoms with Crippen LogP contribution in [0.3, 0.4) is 0 Å². The van der Waals surface area contributed by atoms with Crippen LogP contribution in [0.4, 0.5) is 13.2 Å². The molecule has 108 valence electrons. The van der Waals surface area contributed by atoms with E-state index in [1.54, 1.807) is 18.2 Å². The van der Waals surface area contributed by atoms with E-state index >= 15 is 0 Å². The van der Waals surface area contributed by atoms with Crippen molar-refractivity contribution in [2.24, 2.45) is 0 Å². The minimum Gasteiger partial charge on any atom is -0.489 e. The van der Waals surface area contributed by atoms with Crippen molar-refractivity contribution in [2.75, 3.05) is 6.61 Å². The molecule has 7 heteroatoms. The monoisotopic (exact) mass is 305 g/mol. The van der Waals surface area contributed by atoms with Crippen molar-refractivity contribution in [3.05, 3.63) is 35.5 Å². The van der Waals surface area contributed by atoms with Crippen molar-refractivity contribution in [1.82, 2.24) is 4.98 Å². The molecular weight excluding hydrogens is 295 g/mol. The Labute approximate surface area is 118 Å². The van der Waals surface area contributed by atoms with E-state index in [0.29, 0.717) is 15.9 Å². The maximum absolute atomic E-state index is 12.1. The molecule has 2 rings (SSSR count). The number of benzene rings is 1. The second-order valence-electron chi connectivity index (χ2n) is 4.23. The lowest BCUT2D eigenvalue weighted by Gasteiger charge is -2.15. The number of ether oxygens (including phenoxy) is 1. The van der Waals surface area contributed by atoms with Gasteiger partial charge in [0, 0.05) is 11.6 Å². The van der Waals surface area contributed by atoms with Crippen LogP contribution in [0.1, 0.15) is 6.42 Å². The minimum absolute atomic E-state index is 0.284. The predicted molar refractivity (Wildman–Crippen MR) is 68.9 cm³/mol. The molecular formula is C13H11ClF3NO2. The van der Waals surface area contributed by atoms with Crippen LogP contribution in [-0.2, 0) is 0 Å². The first-order chi connectivity index (χ1) is 9.37. The molecule has 0 fully saturated rings. The molecule has 1 N–H and O–H groups in total. The van der Waals surface area contributed by atoms with E-state index in [2.05, 4.69) is 4.98 Å². The number of aliphatic hydroxyl groups is 1. The maximum Gasteiger partial charge on any atom is 0.391 e. The molecule has 0 bridgehead atoms. The van der Waals surface area contributed by atoms with Crippen LogP contribution in [-0.4, -0.2) is 29.0 Å². The van der Waals surface area contributed by atoms with Crippen LogP contribution in [0.25, 0.3) is 10.9 Å². The number of pyridine rings is 1. The fourth-order valence-corrected chi connectivity index (χ4v) is 1.96. The van der Waals surface area contributed by atoms with Gasteiger partial charge in [-0.05, 0) is 24.3 Å². The highest BCUT2D eigenvalue weighted by Gasteiger charge is 2.31. The second-order valence-corrected chi connectivity index (χ2v) is 4.64. The largest absolute Gasteiger partial charge is 0.489 e. The van der Waals surface area contributed by atoms with Gasteiger partial charge in [-0.2, -0.15) is 13.2 Å². The number of aliphatic hydroxyl groups excluding tert-OH is 1. The molecule has 2 aromatic rings. The first-order valence-corrected chi connectivity index (χ1v) is 6.15. The number of aromatic nitrogens is 1. The Morgan fingerprint density at radius 1 is 1.30 bits per heavy atom. The van der Waals surface area contributed by atoms with Gasteiger partial charge in [-0.1, -0.05) is 11.6 Å². The molecule has 20 heavy (non-hydrogen) atoms. The molecule has 1 unspecified atom stereocenters.